The van der Waals surface area contributed by atoms with E-state index in [1.807, 2.05) is 0 Å². The molecular weight excluding hydrogens is 260 g/mol. The Morgan fingerprint density at radius 3 is 1.68 bits per heavy atom. The van der Waals surface area contributed by atoms with E-state index >= 15 is 0 Å². The molecule has 19 heavy (non-hydrogen) atoms. The van der Waals surface area contributed by atoms with Crippen LogP contribution in [0.15, 0.2) is 0 Å². The van der Waals surface area contributed by atoms with Crippen molar-refractivity contribution in [1.29, 1.82) is 0 Å². The van der Waals surface area contributed by atoms with E-state index in [2.05, 4.69) is 48.5 Å². The molecule has 0 heterocycles. The largest absolute Gasteiger partial charge is 0.379 e. The van der Waals surface area contributed by atoms with E-state index < -0.39 is 10.6 Å². The maximum atomic E-state index is 6.35. The highest BCUT2D eigenvalue weighted by atomic mass is 32.3. The van der Waals surface area contributed by atoms with E-state index in [0.29, 0.717) is 6.61 Å². The van der Waals surface area contributed by atoms with Crippen LogP contribution in [0.2, 0.25) is 0 Å². The summed E-state index contributed by atoms with van der Waals surface area (Å²) < 4.78 is 17.7. The molecule has 0 radical (unpaired) electrons. The van der Waals surface area contributed by atoms with Crippen molar-refractivity contribution in [2.45, 2.75) is 76.9 Å². The number of hydrogen-bond donors (Lipinski definition) is 0. The van der Waals surface area contributed by atoms with Crippen molar-refractivity contribution in [3.05, 3.63) is 0 Å². The van der Waals surface area contributed by atoms with Crippen LogP contribution < -0.4 is 0 Å². The van der Waals surface area contributed by atoms with Gasteiger partial charge in [-0.3, -0.25) is 8.37 Å². The highest BCUT2D eigenvalue weighted by molar-refractivity contribution is 8.28. The first-order chi connectivity index (χ1) is 8.55. The van der Waals surface area contributed by atoms with Crippen molar-refractivity contribution in [2.24, 2.45) is 0 Å². The van der Waals surface area contributed by atoms with Gasteiger partial charge in [0.15, 0.2) is 0 Å². The third-order valence-corrected chi connectivity index (χ3v) is 7.37. The monoisotopic (exact) mass is 294 g/mol. The lowest BCUT2D eigenvalue weighted by molar-refractivity contribution is 0.0497. The van der Waals surface area contributed by atoms with Crippen LogP contribution in [0.3, 0.4) is 0 Å². The number of methoxy groups -OCH3 is 1. The highest BCUT2D eigenvalue weighted by Crippen LogP contribution is 2.68. The third-order valence-electron chi connectivity index (χ3n) is 3.21. The molecule has 0 saturated carbocycles. The Morgan fingerprint density at radius 1 is 0.947 bits per heavy atom. The molecule has 0 bridgehead atoms. The third kappa shape index (κ3) is 4.62. The van der Waals surface area contributed by atoms with E-state index in [1.165, 1.54) is 0 Å². The summed E-state index contributed by atoms with van der Waals surface area (Å²) in [5.74, 6) is 0. The molecule has 0 aliphatic heterocycles. The predicted octanol–water partition coefficient (Wildman–Crippen LogP) is 4.70. The lowest BCUT2D eigenvalue weighted by atomic mass is 10.2. The minimum absolute atomic E-state index is 0.0372. The Bertz CT molecular complexity index is 239. The Labute approximate surface area is 122 Å². The van der Waals surface area contributed by atoms with Crippen molar-refractivity contribution < 1.29 is 13.1 Å². The van der Waals surface area contributed by atoms with Crippen molar-refractivity contribution in [3.63, 3.8) is 0 Å². The Hall–Kier alpha value is 0.230. The first kappa shape index (κ1) is 19.2. The zero-order valence-electron chi connectivity index (χ0n) is 14.3. The van der Waals surface area contributed by atoms with Gasteiger partial charge in [0.1, 0.15) is 0 Å². The van der Waals surface area contributed by atoms with Gasteiger partial charge in [-0.15, -0.1) is 0 Å². The number of ether oxygens (including phenoxy) is 1. The van der Waals surface area contributed by atoms with Crippen LogP contribution in [0.5, 0.6) is 0 Å². The fourth-order valence-electron chi connectivity index (χ4n) is 2.58. The lowest BCUT2D eigenvalue weighted by Crippen LogP contribution is -2.42. The molecule has 1 atom stereocenters. The molecule has 0 aromatic carbocycles. The fourth-order valence-corrected chi connectivity index (χ4v) is 6.57. The van der Waals surface area contributed by atoms with Gasteiger partial charge in [0.05, 0.1) is 29.3 Å². The maximum absolute atomic E-state index is 6.35. The molecule has 0 aliphatic carbocycles. The van der Waals surface area contributed by atoms with Crippen LogP contribution in [0.1, 0.15) is 61.3 Å². The summed E-state index contributed by atoms with van der Waals surface area (Å²) in [6, 6.07) is 0. The van der Waals surface area contributed by atoms with Gasteiger partial charge in [0.25, 0.3) is 0 Å². The Kier molecular flexibility index (Phi) is 7.39. The molecule has 1 unspecified atom stereocenters. The molecule has 118 valence electrons. The normalized spacial score (nSPS) is 16.5. The lowest BCUT2D eigenvalue weighted by Gasteiger charge is -2.60. The second-order valence-electron chi connectivity index (χ2n) is 6.83. The van der Waals surface area contributed by atoms with Gasteiger partial charge in [-0.1, -0.05) is 13.3 Å². The smallest absolute Gasteiger partial charge is 0.0976 e. The van der Waals surface area contributed by atoms with Crippen LogP contribution in [-0.2, 0) is 13.1 Å². The summed E-state index contributed by atoms with van der Waals surface area (Å²) in [5, 5.41) is 0. The summed E-state index contributed by atoms with van der Waals surface area (Å²) in [4.78, 5) is 0. The second kappa shape index (κ2) is 7.30. The minimum atomic E-state index is -1.67. The quantitative estimate of drug-likeness (QED) is 0.681. The van der Waals surface area contributed by atoms with Crippen molar-refractivity contribution in [1.82, 2.24) is 0 Å². The van der Waals surface area contributed by atoms with Crippen molar-refractivity contribution >= 4 is 10.6 Å². The fraction of sp³-hybridized carbons (Fsp3) is 1.00. The summed E-state index contributed by atoms with van der Waals surface area (Å²) in [7, 11) is 1.85. The summed E-state index contributed by atoms with van der Waals surface area (Å²) >= 11 is 0. The topological polar surface area (TPSA) is 27.7 Å². The van der Waals surface area contributed by atoms with Gasteiger partial charge in [-0.2, -0.15) is 10.6 Å². The second-order valence-corrected chi connectivity index (χ2v) is 10.9. The van der Waals surface area contributed by atoms with E-state index in [0.717, 1.165) is 12.8 Å². The molecular formula is C15H34O3S. The minimum Gasteiger partial charge on any atom is -0.379 e. The number of rotatable bonds is 7. The van der Waals surface area contributed by atoms with Gasteiger partial charge >= 0.3 is 0 Å². The molecule has 4 heteroatoms. The molecule has 0 saturated heterocycles. The van der Waals surface area contributed by atoms with Gasteiger partial charge in [-0.05, 0) is 48.0 Å². The number of hydrogen-bond acceptors (Lipinski definition) is 3. The van der Waals surface area contributed by atoms with Crippen LogP contribution in [0, 0.1) is 0 Å². The van der Waals surface area contributed by atoms with Gasteiger partial charge in [0.2, 0.25) is 0 Å². The Balaban J connectivity index is 5.08. The molecule has 0 N–H and O–H groups in total. The maximum Gasteiger partial charge on any atom is 0.0976 e. The average molecular weight is 295 g/mol. The van der Waals surface area contributed by atoms with Gasteiger partial charge in [-0.25, -0.2) is 0 Å². The molecule has 3 nitrogen and oxygen atoms in total. The predicted molar refractivity (Wildman–Crippen MR) is 85.8 cm³/mol. The van der Waals surface area contributed by atoms with E-state index in [-0.39, 0.29) is 15.6 Å². The zero-order chi connectivity index (χ0) is 15.3. The van der Waals surface area contributed by atoms with E-state index in [4.69, 9.17) is 13.1 Å². The molecule has 0 amide bonds. The van der Waals surface area contributed by atoms with Crippen LogP contribution >= 0.6 is 10.6 Å². The Morgan fingerprint density at radius 2 is 1.42 bits per heavy atom. The van der Waals surface area contributed by atoms with Gasteiger partial charge in [0, 0.05) is 7.11 Å². The average Bonchev–Trinajstić information content (AvgIpc) is 2.25. The van der Waals surface area contributed by atoms with E-state index in [1.54, 1.807) is 14.2 Å². The summed E-state index contributed by atoms with van der Waals surface area (Å²) in [5.41, 5.74) is 0. The van der Waals surface area contributed by atoms with Crippen molar-refractivity contribution in [3.8, 4) is 0 Å². The van der Waals surface area contributed by atoms with Crippen molar-refractivity contribution in [2.75, 3.05) is 20.8 Å². The summed E-state index contributed by atoms with van der Waals surface area (Å²) in [6.07, 6.45) is 2.27. The summed E-state index contributed by atoms with van der Waals surface area (Å²) in [6.45, 7) is 15.9. The molecule has 0 aliphatic rings. The van der Waals surface area contributed by atoms with Crippen LogP contribution in [0.25, 0.3) is 0 Å². The van der Waals surface area contributed by atoms with Crippen LogP contribution in [-0.4, -0.2) is 36.4 Å². The van der Waals surface area contributed by atoms with Gasteiger partial charge < -0.3 is 4.74 Å². The van der Waals surface area contributed by atoms with E-state index in [9.17, 15) is 0 Å². The standard InChI is InChI=1S/C15H34O3S/c1-10-11-13(16-8)12-18-19(17-9,14(2,3)4)15(5,6)7/h13H,10-12H2,1-9H3. The molecule has 0 fully saturated rings. The zero-order valence-corrected chi connectivity index (χ0v) is 15.1. The first-order valence-electron chi connectivity index (χ1n) is 7.11. The van der Waals surface area contributed by atoms with Crippen LogP contribution in [0.4, 0.5) is 0 Å². The highest BCUT2D eigenvalue weighted by Gasteiger charge is 2.44. The first-order valence-corrected chi connectivity index (χ1v) is 8.59. The molecule has 0 spiro atoms. The SMILES string of the molecule is CCCC(COS(OC)(C(C)(C)C)C(C)(C)C)OC. The molecule has 0 aromatic heterocycles. The molecule has 0 rings (SSSR count). The molecule has 0 aromatic rings.